The third-order valence-corrected chi connectivity index (χ3v) is 4.17. The maximum Gasteiger partial charge on any atom is 0.220 e. The van der Waals surface area contributed by atoms with Crippen LogP contribution in [0.4, 0.5) is 0 Å². The molecule has 0 bridgehead atoms. The Bertz CT molecular complexity index is 588. The highest BCUT2D eigenvalue weighted by Crippen LogP contribution is 2.12. The van der Waals surface area contributed by atoms with E-state index in [1.54, 1.807) is 0 Å². The van der Waals surface area contributed by atoms with Gasteiger partial charge < -0.3 is 10.6 Å². The number of ketones is 1. The summed E-state index contributed by atoms with van der Waals surface area (Å²) in [7, 11) is 0. The Balaban J connectivity index is 1.73. The van der Waals surface area contributed by atoms with Crippen LogP contribution in [0.15, 0.2) is 35.9 Å². The molecule has 2 rings (SSSR count). The molecule has 0 radical (unpaired) electrons. The van der Waals surface area contributed by atoms with Crippen LogP contribution in [0.2, 0.25) is 0 Å². The number of hydrogen-bond donors (Lipinski definition) is 2. The number of nitrogens with one attached hydrogen (secondary N) is 2. The van der Waals surface area contributed by atoms with Gasteiger partial charge in [-0.05, 0) is 30.9 Å². The lowest BCUT2D eigenvalue weighted by Gasteiger charge is -2.14. The second kappa shape index (κ2) is 9.38. The fraction of sp³-hybridized carbons (Fsp3) is 0.500. The fourth-order valence-electron chi connectivity index (χ4n) is 2.80. The number of benzene rings is 1. The van der Waals surface area contributed by atoms with Gasteiger partial charge in [-0.15, -0.1) is 0 Å². The van der Waals surface area contributed by atoms with Crippen molar-refractivity contribution >= 4 is 11.7 Å². The average Bonchev–Trinajstić information content (AvgIpc) is 2.59. The summed E-state index contributed by atoms with van der Waals surface area (Å²) in [5, 5.41) is 6.14. The van der Waals surface area contributed by atoms with Gasteiger partial charge in [0.2, 0.25) is 5.91 Å². The van der Waals surface area contributed by atoms with Crippen LogP contribution in [0.5, 0.6) is 0 Å². The Morgan fingerprint density at radius 1 is 1.17 bits per heavy atom. The van der Waals surface area contributed by atoms with Crippen molar-refractivity contribution in [1.82, 2.24) is 10.6 Å². The first kappa shape index (κ1) is 18.4. The third-order valence-electron chi connectivity index (χ3n) is 4.17. The molecule has 24 heavy (non-hydrogen) atoms. The van der Waals surface area contributed by atoms with Crippen LogP contribution in [0.25, 0.3) is 0 Å². The molecule has 0 aliphatic carbocycles. The maximum absolute atomic E-state index is 12.2. The van der Waals surface area contributed by atoms with Crippen molar-refractivity contribution in [3.05, 3.63) is 47.0 Å². The van der Waals surface area contributed by atoms with Crippen molar-refractivity contribution < 1.29 is 9.59 Å². The lowest BCUT2D eigenvalue weighted by atomic mass is 9.99. The zero-order valence-corrected chi connectivity index (χ0v) is 14.7. The number of rotatable bonds is 8. The molecule has 1 aromatic carbocycles. The minimum atomic E-state index is -0.0563. The summed E-state index contributed by atoms with van der Waals surface area (Å²) >= 11 is 0. The fourth-order valence-corrected chi connectivity index (χ4v) is 2.80. The van der Waals surface area contributed by atoms with Crippen LogP contribution >= 0.6 is 0 Å². The highest BCUT2D eigenvalue weighted by Gasteiger charge is 2.10. The zero-order valence-electron chi connectivity index (χ0n) is 14.7. The van der Waals surface area contributed by atoms with Crippen LogP contribution in [0, 0.1) is 5.92 Å². The molecule has 0 fully saturated rings. The van der Waals surface area contributed by atoms with E-state index in [-0.39, 0.29) is 24.5 Å². The minimum absolute atomic E-state index is 0.0299. The Morgan fingerprint density at radius 3 is 2.54 bits per heavy atom. The van der Waals surface area contributed by atoms with Crippen molar-refractivity contribution in [3.63, 3.8) is 0 Å². The minimum Gasteiger partial charge on any atom is -0.352 e. The van der Waals surface area contributed by atoms with E-state index in [0.29, 0.717) is 18.0 Å². The maximum atomic E-state index is 12.2. The van der Waals surface area contributed by atoms with E-state index in [0.717, 1.165) is 25.9 Å². The number of carbonyl (C=O) groups is 2. The van der Waals surface area contributed by atoms with Gasteiger partial charge in [0.25, 0.3) is 0 Å². The molecular formula is C20H28N2O2. The predicted octanol–water partition coefficient (Wildman–Crippen LogP) is 2.88. The second-order valence-electron chi connectivity index (χ2n) is 6.81. The highest BCUT2D eigenvalue weighted by atomic mass is 16.2. The Morgan fingerprint density at radius 2 is 1.92 bits per heavy atom. The number of carbonyl (C=O) groups excluding carboxylic acids is 2. The number of Topliss-reactive ketones (excluding diaryl/α,β-unsaturated/α-hetero) is 1. The van der Waals surface area contributed by atoms with Crippen LogP contribution < -0.4 is 10.6 Å². The van der Waals surface area contributed by atoms with Gasteiger partial charge in [-0.2, -0.15) is 0 Å². The topological polar surface area (TPSA) is 58.2 Å². The summed E-state index contributed by atoms with van der Waals surface area (Å²) < 4.78 is 0. The first-order valence-electron chi connectivity index (χ1n) is 8.82. The van der Waals surface area contributed by atoms with Gasteiger partial charge in [0.05, 0.1) is 0 Å². The Labute approximate surface area is 144 Å². The second-order valence-corrected chi connectivity index (χ2v) is 6.81. The largest absolute Gasteiger partial charge is 0.352 e. The molecule has 1 amide bonds. The van der Waals surface area contributed by atoms with Crippen LogP contribution in [0.1, 0.15) is 49.0 Å². The van der Waals surface area contributed by atoms with Crippen LogP contribution in [-0.4, -0.2) is 31.3 Å². The molecule has 0 unspecified atom stereocenters. The lowest BCUT2D eigenvalue weighted by Crippen LogP contribution is -2.29. The SMILES string of the molecule is CC(C)Cc1ccc(C(=O)CCC(=O)NCC2=CCNCC2)cc1. The molecule has 1 aliphatic rings. The van der Waals surface area contributed by atoms with E-state index >= 15 is 0 Å². The van der Waals surface area contributed by atoms with E-state index in [4.69, 9.17) is 0 Å². The van der Waals surface area contributed by atoms with Gasteiger partial charge in [-0.3, -0.25) is 9.59 Å². The van der Waals surface area contributed by atoms with E-state index in [1.807, 2.05) is 24.3 Å². The highest BCUT2D eigenvalue weighted by molar-refractivity contribution is 5.97. The van der Waals surface area contributed by atoms with Crippen LogP contribution in [0.3, 0.4) is 0 Å². The predicted molar refractivity (Wildman–Crippen MR) is 97.1 cm³/mol. The van der Waals surface area contributed by atoms with Gasteiger partial charge in [0, 0.05) is 31.5 Å². The molecule has 0 saturated heterocycles. The van der Waals surface area contributed by atoms with Crippen molar-refractivity contribution in [2.24, 2.45) is 5.92 Å². The molecule has 0 saturated carbocycles. The molecule has 130 valence electrons. The molecule has 1 aromatic rings. The Hall–Kier alpha value is -1.94. The Kier molecular flexibility index (Phi) is 7.19. The first-order chi connectivity index (χ1) is 11.5. The molecule has 0 aromatic heterocycles. The molecule has 2 N–H and O–H groups in total. The summed E-state index contributed by atoms with van der Waals surface area (Å²) in [5.41, 5.74) is 3.19. The van der Waals surface area contributed by atoms with Gasteiger partial charge in [0.15, 0.2) is 5.78 Å². The zero-order chi connectivity index (χ0) is 17.4. The number of amides is 1. The van der Waals surface area contributed by atoms with Gasteiger partial charge in [0.1, 0.15) is 0 Å². The number of hydrogen-bond acceptors (Lipinski definition) is 3. The van der Waals surface area contributed by atoms with E-state index in [1.165, 1.54) is 11.1 Å². The van der Waals surface area contributed by atoms with Gasteiger partial charge >= 0.3 is 0 Å². The first-order valence-corrected chi connectivity index (χ1v) is 8.82. The summed E-state index contributed by atoms with van der Waals surface area (Å²) in [4.78, 5) is 24.1. The molecule has 1 aliphatic heterocycles. The van der Waals surface area contributed by atoms with Crippen molar-refractivity contribution in [2.75, 3.05) is 19.6 Å². The van der Waals surface area contributed by atoms with Crippen molar-refractivity contribution in [3.8, 4) is 0 Å². The summed E-state index contributed by atoms with van der Waals surface area (Å²) in [5.74, 6) is 0.576. The van der Waals surface area contributed by atoms with Crippen molar-refractivity contribution in [2.45, 2.75) is 39.5 Å². The van der Waals surface area contributed by atoms with E-state index in [2.05, 4.69) is 30.6 Å². The van der Waals surface area contributed by atoms with Gasteiger partial charge in [-0.1, -0.05) is 49.8 Å². The molecule has 4 heteroatoms. The molecule has 0 spiro atoms. The van der Waals surface area contributed by atoms with Gasteiger partial charge in [-0.25, -0.2) is 0 Å². The molecule has 4 nitrogen and oxygen atoms in total. The summed E-state index contributed by atoms with van der Waals surface area (Å²) in [6, 6.07) is 7.77. The van der Waals surface area contributed by atoms with E-state index in [9.17, 15) is 9.59 Å². The normalized spacial score (nSPS) is 14.4. The van der Waals surface area contributed by atoms with Crippen molar-refractivity contribution in [1.29, 1.82) is 0 Å². The smallest absolute Gasteiger partial charge is 0.220 e. The van der Waals surface area contributed by atoms with Crippen LogP contribution in [-0.2, 0) is 11.2 Å². The average molecular weight is 328 g/mol. The molecular weight excluding hydrogens is 300 g/mol. The third kappa shape index (κ3) is 6.28. The quantitative estimate of drug-likeness (QED) is 0.570. The lowest BCUT2D eigenvalue weighted by molar-refractivity contribution is -0.120. The molecule has 0 atom stereocenters. The summed E-state index contributed by atoms with van der Waals surface area (Å²) in [6.45, 7) is 6.79. The summed E-state index contributed by atoms with van der Waals surface area (Å²) in [6.07, 6.45) is 4.62. The van der Waals surface area contributed by atoms with E-state index < -0.39 is 0 Å². The standard InChI is InChI=1S/C20H28N2O2/c1-15(2)13-16-3-5-18(6-4-16)19(23)7-8-20(24)22-14-17-9-11-21-12-10-17/h3-6,9,15,21H,7-8,10-14H2,1-2H3,(H,22,24). The monoisotopic (exact) mass is 328 g/mol. The molecule has 1 heterocycles.